The van der Waals surface area contributed by atoms with Gasteiger partial charge in [-0.2, -0.15) is 0 Å². The highest BCUT2D eigenvalue weighted by Gasteiger charge is 2.42. The van der Waals surface area contributed by atoms with Gasteiger partial charge in [0.1, 0.15) is 11.5 Å². The molecule has 0 spiro atoms. The normalized spacial score (nSPS) is 15.9. The number of fused-ring (bicyclic) bond motifs is 2. The molecule has 0 bridgehead atoms. The molecule has 0 saturated heterocycles. The highest BCUT2D eigenvalue weighted by Crippen LogP contribution is 2.55. The molecule has 0 atom stereocenters. The van der Waals surface area contributed by atoms with Crippen molar-refractivity contribution in [2.45, 2.75) is 59.8 Å². The summed E-state index contributed by atoms with van der Waals surface area (Å²) in [6, 6.07) is 13.6. The van der Waals surface area contributed by atoms with Gasteiger partial charge in [-0.05, 0) is 77.7 Å². The molecule has 0 amide bonds. The second kappa shape index (κ2) is 9.74. The zero-order valence-corrected chi connectivity index (χ0v) is 21.9. The fourth-order valence-electron chi connectivity index (χ4n) is 5.76. The minimum atomic E-state index is -0.272. The number of hydrogen-bond donors (Lipinski definition) is 0. The maximum Gasteiger partial charge on any atom is 0.133 e. The van der Waals surface area contributed by atoms with Crippen LogP contribution < -0.4 is 14.5 Å². The fourth-order valence-corrected chi connectivity index (χ4v) is 5.76. The van der Waals surface area contributed by atoms with Gasteiger partial charge in [0.05, 0.1) is 0 Å². The molecule has 1 aliphatic carbocycles. The van der Waals surface area contributed by atoms with Gasteiger partial charge in [-0.3, -0.25) is 0 Å². The first-order valence-electron chi connectivity index (χ1n) is 12.9. The van der Waals surface area contributed by atoms with Crippen molar-refractivity contribution in [2.24, 2.45) is 0 Å². The summed E-state index contributed by atoms with van der Waals surface area (Å²) >= 11 is 0. The Kier molecular flexibility index (Phi) is 6.93. The summed E-state index contributed by atoms with van der Waals surface area (Å²) in [6.07, 6.45) is 6.65. The van der Waals surface area contributed by atoms with Crippen LogP contribution in [0.2, 0.25) is 0 Å². The average molecular weight is 457 g/mol. The Bertz CT molecular complexity index is 1070. The van der Waals surface area contributed by atoms with Gasteiger partial charge >= 0.3 is 0 Å². The number of allylic oxidation sites excluding steroid dienone is 5. The van der Waals surface area contributed by atoms with Gasteiger partial charge in [0.2, 0.25) is 0 Å². The van der Waals surface area contributed by atoms with Gasteiger partial charge in [-0.15, -0.1) is 0 Å². The van der Waals surface area contributed by atoms with Crippen molar-refractivity contribution in [1.29, 1.82) is 0 Å². The van der Waals surface area contributed by atoms with E-state index in [1.54, 1.807) is 0 Å². The highest BCUT2D eigenvalue weighted by molar-refractivity contribution is 5.70. The number of rotatable bonds is 8. The van der Waals surface area contributed by atoms with Crippen molar-refractivity contribution in [3.8, 4) is 11.5 Å². The minimum Gasteiger partial charge on any atom is -0.457 e. The van der Waals surface area contributed by atoms with E-state index in [4.69, 9.17) is 4.74 Å². The molecule has 0 aromatic heterocycles. The molecule has 1 heterocycles. The Labute approximate surface area is 206 Å². The number of benzene rings is 2. The number of hydrogen-bond acceptors (Lipinski definition) is 3. The SMILES string of the molecule is C=C(C)C1=C(C2(C)c3ccc(N(CC)CC)cc3Oc3cc(N(CC)CC)ccc32)CCC=C1. The van der Waals surface area contributed by atoms with Crippen LogP contribution in [-0.4, -0.2) is 26.2 Å². The summed E-state index contributed by atoms with van der Waals surface area (Å²) in [6.45, 7) is 21.6. The predicted molar refractivity (Wildman–Crippen MR) is 147 cm³/mol. The molecule has 1 aliphatic heterocycles. The lowest BCUT2D eigenvalue weighted by Gasteiger charge is -2.42. The largest absolute Gasteiger partial charge is 0.457 e. The minimum absolute atomic E-state index is 0.272. The molecule has 0 saturated carbocycles. The first-order chi connectivity index (χ1) is 16.4. The van der Waals surface area contributed by atoms with E-state index in [0.29, 0.717) is 0 Å². The average Bonchev–Trinajstić information content (AvgIpc) is 2.85. The van der Waals surface area contributed by atoms with Gasteiger partial charge in [0.25, 0.3) is 0 Å². The summed E-state index contributed by atoms with van der Waals surface area (Å²) in [7, 11) is 0. The van der Waals surface area contributed by atoms with E-state index >= 15 is 0 Å². The Hall–Kier alpha value is -2.94. The van der Waals surface area contributed by atoms with E-state index in [2.05, 4.69) is 106 Å². The Morgan fingerprint density at radius 1 is 0.882 bits per heavy atom. The smallest absolute Gasteiger partial charge is 0.133 e. The first kappa shape index (κ1) is 24.2. The Balaban J connectivity index is 1.98. The number of anilines is 2. The van der Waals surface area contributed by atoms with Crippen molar-refractivity contribution in [3.63, 3.8) is 0 Å². The molecule has 2 aliphatic rings. The van der Waals surface area contributed by atoms with Gasteiger partial charge < -0.3 is 14.5 Å². The maximum atomic E-state index is 6.70. The Morgan fingerprint density at radius 3 is 1.82 bits per heavy atom. The molecule has 0 unspecified atom stereocenters. The molecule has 0 radical (unpaired) electrons. The zero-order valence-electron chi connectivity index (χ0n) is 21.9. The van der Waals surface area contributed by atoms with Gasteiger partial charge in [0.15, 0.2) is 0 Å². The predicted octanol–water partition coefficient (Wildman–Crippen LogP) is 8.01. The number of ether oxygens (including phenoxy) is 1. The molecule has 3 nitrogen and oxygen atoms in total. The van der Waals surface area contributed by atoms with Crippen LogP contribution in [0.25, 0.3) is 0 Å². The highest BCUT2D eigenvalue weighted by atomic mass is 16.5. The second-order valence-corrected chi connectivity index (χ2v) is 9.55. The van der Waals surface area contributed by atoms with Crippen molar-refractivity contribution < 1.29 is 4.74 Å². The molecule has 3 heteroatoms. The van der Waals surface area contributed by atoms with Crippen LogP contribution in [0, 0.1) is 0 Å². The van der Waals surface area contributed by atoms with E-state index in [-0.39, 0.29) is 5.41 Å². The van der Waals surface area contributed by atoms with E-state index in [9.17, 15) is 0 Å². The third kappa shape index (κ3) is 3.96. The lowest BCUT2D eigenvalue weighted by Crippen LogP contribution is -2.33. The molecule has 0 fully saturated rings. The van der Waals surface area contributed by atoms with E-state index in [1.165, 1.54) is 33.6 Å². The lowest BCUT2D eigenvalue weighted by atomic mass is 9.65. The monoisotopic (exact) mass is 456 g/mol. The van der Waals surface area contributed by atoms with Crippen LogP contribution in [-0.2, 0) is 5.41 Å². The summed E-state index contributed by atoms with van der Waals surface area (Å²) < 4.78 is 6.70. The van der Waals surface area contributed by atoms with Crippen molar-refractivity contribution in [1.82, 2.24) is 0 Å². The molecule has 4 rings (SSSR count). The number of nitrogens with zero attached hydrogens (tertiary/aromatic N) is 2. The van der Waals surface area contributed by atoms with Crippen LogP contribution in [0.5, 0.6) is 11.5 Å². The van der Waals surface area contributed by atoms with Gasteiger partial charge in [0, 0.05) is 66.2 Å². The van der Waals surface area contributed by atoms with Gasteiger partial charge in [-0.25, -0.2) is 0 Å². The first-order valence-corrected chi connectivity index (χ1v) is 12.9. The summed E-state index contributed by atoms with van der Waals surface area (Å²) in [4.78, 5) is 4.76. The molecule has 34 heavy (non-hydrogen) atoms. The standard InChI is InChI=1S/C31H40N2O/c1-8-32(9-2)23-16-18-27-29(20-23)34-30-21-24(33(10-3)11-4)17-19-28(30)31(27,7)26-15-13-12-14-25(26)22(5)6/h12,14,16-21H,5,8-11,13,15H2,1-4,6-7H3. The zero-order chi connectivity index (χ0) is 24.5. The van der Waals surface area contributed by atoms with Crippen LogP contribution >= 0.6 is 0 Å². The van der Waals surface area contributed by atoms with Crippen LogP contribution in [0.4, 0.5) is 11.4 Å². The molecular formula is C31H40N2O. The summed E-state index contributed by atoms with van der Waals surface area (Å²) in [5.74, 6) is 1.94. The van der Waals surface area contributed by atoms with Crippen molar-refractivity contribution >= 4 is 11.4 Å². The van der Waals surface area contributed by atoms with E-state index < -0.39 is 0 Å². The molecule has 2 aromatic rings. The molecular weight excluding hydrogens is 416 g/mol. The molecule has 2 aromatic carbocycles. The van der Waals surface area contributed by atoms with Gasteiger partial charge in [-0.1, -0.05) is 36.4 Å². The quantitative estimate of drug-likeness (QED) is 0.400. The summed E-state index contributed by atoms with van der Waals surface area (Å²) in [5, 5.41) is 0. The maximum absolute atomic E-state index is 6.70. The van der Waals surface area contributed by atoms with Crippen LogP contribution in [0.15, 0.2) is 71.8 Å². The third-order valence-electron chi connectivity index (χ3n) is 7.72. The van der Waals surface area contributed by atoms with E-state index in [1.807, 2.05) is 0 Å². The van der Waals surface area contributed by atoms with Crippen LogP contribution in [0.3, 0.4) is 0 Å². The summed E-state index contributed by atoms with van der Waals surface area (Å²) in [5.41, 5.74) is 8.50. The second-order valence-electron chi connectivity index (χ2n) is 9.55. The molecule has 180 valence electrons. The Morgan fingerprint density at radius 2 is 1.38 bits per heavy atom. The third-order valence-corrected chi connectivity index (χ3v) is 7.72. The van der Waals surface area contributed by atoms with Crippen molar-refractivity contribution in [2.75, 3.05) is 36.0 Å². The van der Waals surface area contributed by atoms with Crippen LogP contribution in [0.1, 0.15) is 65.5 Å². The lowest BCUT2D eigenvalue weighted by molar-refractivity contribution is 0.420. The topological polar surface area (TPSA) is 15.7 Å². The van der Waals surface area contributed by atoms with Crippen molar-refractivity contribution in [3.05, 3.63) is 83.0 Å². The van der Waals surface area contributed by atoms with E-state index in [0.717, 1.165) is 56.1 Å². The fraction of sp³-hybridized carbons (Fsp3) is 0.419. The molecule has 0 N–H and O–H groups in total.